The second-order valence-electron chi connectivity index (χ2n) is 5.79. The van der Waals surface area contributed by atoms with Gasteiger partial charge in [0, 0.05) is 0 Å². The van der Waals surface area contributed by atoms with E-state index in [-0.39, 0.29) is 26.6 Å². The Hall–Kier alpha value is -0.0500. The normalized spacial score (nSPS) is 14.4. The molecule has 0 aliphatic heterocycles. The van der Waals surface area contributed by atoms with E-state index < -0.39 is 0 Å². The maximum atomic E-state index is 2.38. The van der Waals surface area contributed by atoms with Crippen LogP contribution in [0.4, 0.5) is 0 Å². The van der Waals surface area contributed by atoms with Crippen molar-refractivity contribution in [2.45, 2.75) is 50.9 Å². The van der Waals surface area contributed by atoms with Crippen molar-refractivity contribution >= 4 is 0 Å². The van der Waals surface area contributed by atoms with Crippen LogP contribution in [0.15, 0.2) is 24.3 Å². The predicted molar refractivity (Wildman–Crippen MR) is 68.1 cm³/mol. The molecule has 0 amide bonds. The maximum absolute atomic E-state index is 2.38. The van der Waals surface area contributed by atoms with Crippen LogP contribution in [0.3, 0.4) is 0 Å². The van der Waals surface area contributed by atoms with Crippen LogP contribution in [0.1, 0.15) is 47.1 Å². The van der Waals surface area contributed by atoms with Crippen LogP contribution in [-0.4, -0.2) is 3.92 Å². The third kappa shape index (κ3) is 4.08. The molecule has 1 rings (SSSR count). The summed E-state index contributed by atoms with van der Waals surface area (Å²) < 4.78 is 2.45. The van der Waals surface area contributed by atoms with Crippen molar-refractivity contribution in [2.24, 2.45) is 5.92 Å². The van der Waals surface area contributed by atoms with Crippen molar-refractivity contribution < 1.29 is 21.2 Å². The summed E-state index contributed by atoms with van der Waals surface area (Å²) in [6.07, 6.45) is 0. The van der Waals surface area contributed by atoms with Gasteiger partial charge >= 0.3 is 111 Å². The third-order valence-electron chi connectivity index (χ3n) is 2.93. The number of benzene rings is 1. The van der Waals surface area contributed by atoms with Crippen molar-refractivity contribution in [1.82, 2.24) is 0 Å². The summed E-state index contributed by atoms with van der Waals surface area (Å²) in [5.74, 6) is 0.815. The van der Waals surface area contributed by atoms with Gasteiger partial charge in [-0.25, -0.2) is 0 Å². The molecule has 0 fully saturated rings. The Balaban J connectivity index is 2.72. The summed E-state index contributed by atoms with van der Waals surface area (Å²) in [5.41, 5.74) is 1.72. The Bertz CT molecular complexity index is 316. The van der Waals surface area contributed by atoms with Crippen LogP contribution in [0, 0.1) is 9.49 Å². The van der Waals surface area contributed by atoms with Crippen molar-refractivity contribution in [3.63, 3.8) is 0 Å². The van der Waals surface area contributed by atoms with E-state index in [0.29, 0.717) is 0 Å². The van der Waals surface area contributed by atoms with Gasteiger partial charge in [0.25, 0.3) is 0 Å². The summed E-state index contributed by atoms with van der Waals surface area (Å²) in [6, 6.07) is 9.30. The van der Waals surface area contributed by atoms with Gasteiger partial charge in [-0.1, -0.05) is 0 Å². The molecule has 1 unspecified atom stereocenters. The van der Waals surface area contributed by atoms with Gasteiger partial charge in [-0.15, -0.1) is 0 Å². The van der Waals surface area contributed by atoms with E-state index in [1.165, 1.54) is 5.56 Å². The first kappa shape index (κ1) is 14.0. The Labute approximate surface area is 111 Å². The van der Waals surface area contributed by atoms with E-state index >= 15 is 0 Å². The standard InChI is InChI=1S/C15H24I/c1-11(2)12(3)16-14-9-7-13(8-10-14)15(4,5)6/h7-12H,1-6H3/q-1. The van der Waals surface area contributed by atoms with Gasteiger partial charge in [-0.3, -0.25) is 0 Å². The van der Waals surface area contributed by atoms with E-state index in [9.17, 15) is 0 Å². The van der Waals surface area contributed by atoms with E-state index in [4.69, 9.17) is 0 Å². The Morgan fingerprint density at radius 2 is 1.44 bits per heavy atom. The Kier molecular flexibility index (Phi) is 4.84. The first-order chi connectivity index (χ1) is 7.30. The zero-order chi connectivity index (χ0) is 12.3. The van der Waals surface area contributed by atoms with Gasteiger partial charge < -0.3 is 0 Å². The molecule has 1 aromatic rings. The Morgan fingerprint density at radius 1 is 0.938 bits per heavy atom. The fourth-order valence-corrected chi connectivity index (χ4v) is 3.98. The molecule has 0 spiro atoms. The molecule has 0 aromatic heterocycles. The second kappa shape index (κ2) is 5.52. The van der Waals surface area contributed by atoms with E-state index in [0.717, 1.165) is 9.84 Å². The Morgan fingerprint density at radius 3 is 1.81 bits per heavy atom. The fourth-order valence-electron chi connectivity index (χ4n) is 1.35. The zero-order valence-electron chi connectivity index (χ0n) is 11.3. The number of rotatable bonds is 3. The molecule has 0 N–H and O–H groups in total. The van der Waals surface area contributed by atoms with Gasteiger partial charge in [-0.05, 0) is 0 Å². The molecule has 0 heterocycles. The average molecular weight is 331 g/mol. The van der Waals surface area contributed by atoms with Gasteiger partial charge in [0.05, 0.1) is 0 Å². The first-order valence-electron chi connectivity index (χ1n) is 6.04. The molecule has 0 saturated carbocycles. The molecule has 0 nitrogen and oxygen atoms in total. The number of alkyl halides is 1. The van der Waals surface area contributed by atoms with Crippen molar-refractivity contribution in [3.8, 4) is 0 Å². The van der Waals surface area contributed by atoms with Gasteiger partial charge in [0.1, 0.15) is 0 Å². The van der Waals surface area contributed by atoms with Crippen molar-refractivity contribution in [2.75, 3.05) is 0 Å². The van der Waals surface area contributed by atoms with E-state index in [1.807, 2.05) is 0 Å². The topological polar surface area (TPSA) is 0 Å². The van der Waals surface area contributed by atoms with Crippen LogP contribution in [0.25, 0.3) is 0 Å². The number of halogens is 1. The average Bonchev–Trinajstić information content (AvgIpc) is 2.17. The predicted octanol–water partition coefficient (Wildman–Crippen LogP) is 1.29. The molecule has 1 aromatic carbocycles. The van der Waals surface area contributed by atoms with Crippen LogP contribution >= 0.6 is 0 Å². The number of hydrogen-bond donors (Lipinski definition) is 0. The summed E-state index contributed by atoms with van der Waals surface area (Å²) in [4.78, 5) is 0. The number of hydrogen-bond acceptors (Lipinski definition) is 0. The summed E-state index contributed by atoms with van der Waals surface area (Å²) in [5, 5.41) is 0. The monoisotopic (exact) mass is 331 g/mol. The van der Waals surface area contributed by atoms with E-state index in [2.05, 4.69) is 65.8 Å². The zero-order valence-corrected chi connectivity index (χ0v) is 13.5. The molecule has 0 aliphatic carbocycles. The molecule has 0 radical (unpaired) electrons. The molecule has 1 atom stereocenters. The van der Waals surface area contributed by atoms with Crippen LogP contribution < -0.4 is 21.2 Å². The molecule has 1 heteroatoms. The summed E-state index contributed by atoms with van der Waals surface area (Å²) in [6.45, 7) is 13.9. The first-order valence-corrected chi connectivity index (χ1v) is 8.37. The summed E-state index contributed by atoms with van der Waals surface area (Å²) >= 11 is 0.174. The SMILES string of the molecule is CC(C)C(C)[I-]c1ccc(C(C)(C)C)cc1. The van der Waals surface area contributed by atoms with Crippen LogP contribution in [-0.2, 0) is 5.41 Å². The minimum atomic E-state index is 0.174. The molecule has 0 bridgehead atoms. The van der Waals surface area contributed by atoms with Crippen LogP contribution in [0.2, 0.25) is 0 Å². The molecular weight excluding hydrogens is 307 g/mol. The van der Waals surface area contributed by atoms with Crippen molar-refractivity contribution in [1.29, 1.82) is 0 Å². The minimum absolute atomic E-state index is 0.174. The second-order valence-corrected chi connectivity index (χ2v) is 9.62. The van der Waals surface area contributed by atoms with Gasteiger partial charge in [0.15, 0.2) is 0 Å². The van der Waals surface area contributed by atoms with Gasteiger partial charge in [0.2, 0.25) is 0 Å². The molecule has 0 aliphatic rings. The van der Waals surface area contributed by atoms with E-state index in [1.54, 1.807) is 3.57 Å². The fraction of sp³-hybridized carbons (Fsp3) is 0.600. The molecule has 16 heavy (non-hydrogen) atoms. The molecule has 92 valence electrons. The third-order valence-corrected chi connectivity index (χ3v) is 6.79. The molecular formula is C15H24I-. The van der Waals surface area contributed by atoms with Gasteiger partial charge in [-0.2, -0.15) is 0 Å². The molecule has 0 saturated heterocycles. The quantitative estimate of drug-likeness (QED) is 0.578. The van der Waals surface area contributed by atoms with Crippen molar-refractivity contribution in [3.05, 3.63) is 33.4 Å². The van der Waals surface area contributed by atoms with Crippen LogP contribution in [0.5, 0.6) is 0 Å². The summed E-state index contributed by atoms with van der Waals surface area (Å²) in [7, 11) is 0.